The average Bonchev–Trinajstić information content (AvgIpc) is 2.83. The molecule has 17 heavy (non-hydrogen) atoms. The molecule has 1 heterocycles. The molecule has 1 aliphatic heterocycles. The number of hydrogen-bond donors (Lipinski definition) is 0. The summed E-state index contributed by atoms with van der Waals surface area (Å²) in [6.07, 6.45) is 0.645. The van der Waals surface area contributed by atoms with Crippen LogP contribution in [0.5, 0.6) is 0 Å². The van der Waals surface area contributed by atoms with Crippen LogP contribution in [-0.2, 0) is 9.53 Å². The Morgan fingerprint density at radius 1 is 1.59 bits per heavy atom. The number of hydrogen-bond acceptors (Lipinski definition) is 3. The van der Waals surface area contributed by atoms with Crippen molar-refractivity contribution in [3.8, 4) is 6.07 Å². The molecular weight excluding hydrogens is 221 g/mol. The summed E-state index contributed by atoms with van der Waals surface area (Å²) in [5.41, 5.74) is 0.421. The van der Waals surface area contributed by atoms with E-state index in [1.807, 2.05) is 6.07 Å². The molecule has 0 saturated carbocycles. The molecule has 3 nitrogen and oxygen atoms in total. The molecule has 1 aliphatic rings. The average molecular weight is 233 g/mol. The third-order valence-electron chi connectivity index (χ3n) is 2.93. The third-order valence-corrected chi connectivity index (χ3v) is 2.93. The number of carbonyl (C=O) groups is 1. The maximum atomic E-state index is 13.1. The normalized spacial score (nSPS) is 20.8. The van der Waals surface area contributed by atoms with Crippen LogP contribution in [0.2, 0.25) is 0 Å². The minimum absolute atomic E-state index is 0.171. The van der Waals surface area contributed by atoms with E-state index < -0.39 is 11.7 Å². The number of ether oxygens (including phenoxy) is 1. The number of rotatable bonds is 3. The number of benzene rings is 1. The Bertz CT molecular complexity index is 461. The van der Waals surface area contributed by atoms with Crippen molar-refractivity contribution >= 4 is 5.78 Å². The molecule has 1 aromatic rings. The van der Waals surface area contributed by atoms with Gasteiger partial charge in [-0.1, -0.05) is 12.1 Å². The summed E-state index contributed by atoms with van der Waals surface area (Å²) in [6.45, 7) is 0.921. The molecule has 0 aliphatic carbocycles. The lowest BCUT2D eigenvalue weighted by Gasteiger charge is -2.12. The van der Waals surface area contributed by atoms with Gasteiger partial charge in [0, 0.05) is 12.5 Å². The number of ketones is 1. The molecule has 1 aromatic carbocycles. The van der Waals surface area contributed by atoms with Crippen LogP contribution >= 0.6 is 0 Å². The van der Waals surface area contributed by atoms with Crippen LogP contribution in [0, 0.1) is 23.1 Å². The summed E-state index contributed by atoms with van der Waals surface area (Å²) in [4.78, 5) is 12.1. The molecule has 2 unspecified atom stereocenters. The largest absolute Gasteiger partial charge is 0.381 e. The van der Waals surface area contributed by atoms with E-state index in [0.29, 0.717) is 25.2 Å². The van der Waals surface area contributed by atoms with E-state index in [0.717, 1.165) is 0 Å². The van der Waals surface area contributed by atoms with Gasteiger partial charge in [-0.05, 0) is 24.1 Å². The van der Waals surface area contributed by atoms with Crippen LogP contribution < -0.4 is 0 Å². The van der Waals surface area contributed by atoms with Crippen LogP contribution in [-0.4, -0.2) is 19.0 Å². The molecule has 0 bridgehead atoms. The highest BCUT2D eigenvalue weighted by atomic mass is 19.1. The quantitative estimate of drug-likeness (QED) is 0.802. The zero-order chi connectivity index (χ0) is 12.3. The van der Waals surface area contributed by atoms with E-state index in [9.17, 15) is 9.18 Å². The van der Waals surface area contributed by atoms with Gasteiger partial charge in [-0.25, -0.2) is 4.39 Å². The van der Waals surface area contributed by atoms with Gasteiger partial charge >= 0.3 is 0 Å². The van der Waals surface area contributed by atoms with Gasteiger partial charge in [-0.2, -0.15) is 5.26 Å². The molecule has 88 valence electrons. The van der Waals surface area contributed by atoms with Crippen LogP contribution in [0.1, 0.15) is 17.9 Å². The van der Waals surface area contributed by atoms with Crippen molar-refractivity contribution in [2.75, 3.05) is 13.2 Å². The highest BCUT2D eigenvalue weighted by Gasteiger charge is 2.31. The summed E-state index contributed by atoms with van der Waals surface area (Å²) >= 11 is 0. The van der Waals surface area contributed by atoms with Crippen molar-refractivity contribution < 1.29 is 13.9 Å². The maximum absolute atomic E-state index is 13.1. The van der Waals surface area contributed by atoms with Crippen LogP contribution in [0.4, 0.5) is 4.39 Å². The van der Waals surface area contributed by atoms with Gasteiger partial charge < -0.3 is 4.74 Å². The topological polar surface area (TPSA) is 50.1 Å². The summed E-state index contributed by atoms with van der Waals surface area (Å²) in [6, 6.07) is 7.59. The molecule has 0 N–H and O–H groups in total. The fraction of sp³-hybridized carbons (Fsp3) is 0.385. The SMILES string of the molecule is N#CC(C(=O)C1CCOC1)c1cccc(F)c1. The molecule has 4 heteroatoms. The second-order valence-electron chi connectivity index (χ2n) is 4.08. The second-order valence-corrected chi connectivity index (χ2v) is 4.08. The number of halogens is 1. The van der Waals surface area contributed by atoms with Crippen LogP contribution in [0.15, 0.2) is 24.3 Å². The second kappa shape index (κ2) is 5.07. The molecule has 1 saturated heterocycles. The van der Waals surface area contributed by atoms with E-state index in [2.05, 4.69) is 0 Å². The standard InChI is InChI=1S/C13H12FNO2/c14-11-3-1-2-9(6-11)12(7-15)13(16)10-4-5-17-8-10/h1-3,6,10,12H,4-5,8H2. The van der Waals surface area contributed by atoms with E-state index in [1.54, 1.807) is 6.07 Å². The van der Waals surface area contributed by atoms with Gasteiger partial charge in [-0.15, -0.1) is 0 Å². The van der Waals surface area contributed by atoms with Gasteiger partial charge in [0.1, 0.15) is 11.7 Å². The minimum Gasteiger partial charge on any atom is -0.381 e. The molecule has 0 radical (unpaired) electrons. The fourth-order valence-electron chi connectivity index (χ4n) is 1.98. The molecule has 2 rings (SSSR count). The first-order chi connectivity index (χ1) is 8.22. The fourth-order valence-corrected chi connectivity index (χ4v) is 1.98. The van der Waals surface area contributed by atoms with E-state index in [4.69, 9.17) is 10.00 Å². The number of carbonyl (C=O) groups excluding carboxylic acids is 1. The highest BCUT2D eigenvalue weighted by Crippen LogP contribution is 2.25. The van der Waals surface area contributed by atoms with Gasteiger partial charge in [0.05, 0.1) is 12.7 Å². The summed E-state index contributed by atoms with van der Waals surface area (Å²) in [5.74, 6) is -1.73. The Morgan fingerprint density at radius 3 is 3.00 bits per heavy atom. The van der Waals surface area contributed by atoms with Crippen molar-refractivity contribution in [3.05, 3.63) is 35.6 Å². The van der Waals surface area contributed by atoms with E-state index in [1.165, 1.54) is 18.2 Å². The van der Waals surface area contributed by atoms with E-state index in [-0.39, 0.29) is 11.7 Å². The van der Waals surface area contributed by atoms with Gasteiger partial charge in [0.25, 0.3) is 0 Å². The Balaban J connectivity index is 2.21. The lowest BCUT2D eigenvalue weighted by atomic mass is 9.88. The van der Waals surface area contributed by atoms with Crippen LogP contribution in [0.3, 0.4) is 0 Å². The first kappa shape index (κ1) is 11.7. The van der Waals surface area contributed by atoms with Crippen molar-refractivity contribution in [1.82, 2.24) is 0 Å². The van der Waals surface area contributed by atoms with Gasteiger partial charge in [0.15, 0.2) is 5.78 Å². The Labute approximate surface area is 98.8 Å². The first-order valence-corrected chi connectivity index (χ1v) is 5.49. The van der Waals surface area contributed by atoms with Gasteiger partial charge in [-0.3, -0.25) is 4.79 Å². The van der Waals surface area contributed by atoms with Crippen molar-refractivity contribution in [1.29, 1.82) is 5.26 Å². The summed E-state index contributed by atoms with van der Waals surface area (Å²) in [7, 11) is 0. The predicted molar refractivity (Wildman–Crippen MR) is 58.7 cm³/mol. The Kier molecular flexibility index (Phi) is 3.50. The third kappa shape index (κ3) is 2.51. The van der Waals surface area contributed by atoms with Crippen molar-refractivity contribution in [2.24, 2.45) is 5.92 Å². The number of Topliss-reactive ketones (excluding diaryl/α,β-unsaturated/α-hetero) is 1. The highest BCUT2D eigenvalue weighted by molar-refractivity contribution is 5.90. The number of nitrogens with zero attached hydrogens (tertiary/aromatic N) is 1. The molecule has 2 atom stereocenters. The van der Waals surface area contributed by atoms with Crippen LogP contribution in [0.25, 0.3) is 0 Å². The van der Waals surface area contributed by atoms with Crippen molar-refractivity contribution in [2.45, 2.75) is 12.3 Å². The lowest BCUT2D eigenvalue weighted by Crippen LogP contribution is -2.21. The molecule has 0 amide bonds. The van der Waals surface area contributed by atoms with Gasteiger partial charge in [0.2, 0.25) is 0 Å². The Morgan fingerprint density at radius 2 is 2.41 bits per heavy atom. The molecule has 0 spiro atoms. The smallest absolute Gasteiger partial charge is 0.159 e. The molecule has 0 aromatic heterocycles. The lowest BCUT2D eigenvalue weighted by molar-refractivity contribution is -0.123. The van der Waals surface area contributed by atoms with E-state index >= 15 is 0 Å². The monoisotopic (exact) mass is 233 g/mol. The number of nitriles is 1. The minimum atomic E-state index is -0.891. The zero-order valence-corrected chi connectivity index (χ0v) is 9.23. The summed E-state index contributed by atoms with van der Waals surface area (Å²) < 4.78 is 18.2. The maximum Gasteiger partial charge on any atom is 0.159 e. The Hall–Kier alpha value is -1.73. The van der Waals surface area contributed by atoms with Crippen molar-refractivity contribution in [3.63, 3.8) is 0 Å². The summed E-state index contributed by atoms with van der Waals surface area (Å²) in [5, 5.41) is 9.07. The predicted octanol–water partition coefficient (Wildman–Crippen LogP) is 2.04. The zero-order valence-electron chi connectivity index (χ0n) is 9.23. The molecular formula is C13H12FNO2. The first-order valence-electron chi connectivity index (χ1n) is 5.49. The molecule has 1 fully saturated rings.